The summed E-state index contributed by atoms with van der Waals surface area (Å²) in [7, 11) is 0. The highest BCUT2D eigenvalue weighted by Gasteiger charge is 2.04. The average Bonchev–Trinajstić information content (AvgIpc) is 2.29. The smallest absolute Gasteiger partial charge is 0.0705 e. The maximum Gasteiger partial charge on any atom is 0.0705 e. The van der Waals surface area contributed by atoms with Crippen LogP contribution >= 0.6 is 0 Å². The van der Waals surface area contributed by atoms with Crippen molar-refractivity contribution in [2.24, 2.45) is 11.7 Å². The predicted octanol–water partition coefficient (Wildman–Crippen LogP) is 2.76. The molecule has 2 nitrogen and oxygen atoms in total. The van der Waals surface area contributed by atoms with E-state index in [0.717, 1.165) is 24.9 Å². The quantitative estimate of drug-likeness (QED) is 0.850. The largest absolute Gasteiger partial charge is 0.330 e. The van der Waals surface area contributed by atoms with Crippen molar-refractivity contribution in [2.45, 2.75) is 19.8 Å². The van der Waals surface area contributed by atoms with Gasteiger partial charge < -0.3 is 5.73 Å². The number of rotatable bonds is 4. The number of fused-ring (bicyclic) bond motifs is 1. The van der Waals surface area contributed by atoms with E-state index in [1.807, 2.05) is 12.1 Å². The molecule has 2 aromatic rings. The molecule has 1 aromatic carbocycles. The summed E-state index contributed by atoms with van der Waals surface area (Å²) in [5.74, 6) is 0.610. The highest BCUT2D eigenvalue weighted by molar-refractivity contribution is 5.78. The number of para-hydroxylation sites is 1. The van der Waals surface area contributed by atoms with Crippen molar-refractivity contribution in [3.63, 3.8) is 0 Å². The summed E-state index contributed by atoms with van der Waals surface area (Å²) < 4.78 is 0. The topological polar surface area (TPSA) is 38.9 Å². The molecule has 1 unspecified atom stereocenters. The summed E-state index contributed by atoms with van der Waals surface area (Å²) in [6.45, 7) is 2.98. The summed E-state index contributed by atoms with van der Waals surface area (Å²) in [6, 6.07) is 12.5. The molecule has 16 heavy (non-hydrogen) atoms. The van der Waals surface area contributed by atoms with Crippen LogP contribution in [0.15, 0.2) is 36.4 Å². The zero-order valence-electron chi connectivity index (χ0n) is 9.69. The van der Waals surface area contributed by atoms with Crippen molar-refractivity contribution in [1.29, 1.82) is 0 Å². The Labute approximate surface area is 96.5 Å². The van der Waals surface area contributed by atoms with Crippen LogP contribution in [0.3, 0.4) is 0 Å². The third kappa shape index (κ3) is 2.58. The maximum absolute atomic E-state index is 5.55. The monoisotopic (exact) mass is 214 g/mol. The lowest BCUT2D eigenvalue weighted by Gasteiger charge is -2.09. The van der Waals surface area contributed by atoms with E-state index in [1.54, 1.807) is 0 Å². The predicted molar refractivity (Wildman–Crippen MR) is 68.3 cm³/mol. The molecule has 2 rings (SSSR count). The molecule has 0 aliphatic rings. The Kier molecular flexibility index (Phi) is 3.52. The molecule has 0 aliphatic heterocycles. The Balaban J connectivity index is 2.19. The fourth-order valence-electron chi connectivity index (χ4n) is 1.97. The van der Waals surface area contributed by atoms with Crippen LogP contribution in [0, 0.1) is 5.92 Å². The molecule has 0 amide bonds. The van der Waals surface area contributed by atoms with Crippen LogP contribution in [0.25, 0.3) is 10.9 Å². The standard InChI is InChI=1S/C14H18N2/c1-11(8-9-15)10-13-7-6-12-4-2-3-5-14(12)16-13/h2-7,11H,8-10,15H2,1H3. The molecule has 0 saturated heterocycles. The molecule has 2 heteroatoms. The molecular weight excluding hydrogens is 196 g/mol. The van der Waals surface area contributed by atoms with Gasteiger partial charge in [-0.25, -0.2) is 0 Å². The first-order valence-corrected chi connectivity index (χ1v) is 5.84. The second-order valence-electron chi connectivity index (χ2n) is 4.38. The van der Waals surface area contributed by atoms with Crippen LogP contribution in [0.1, 0.15) is 19.0 Å². The summed E-state index contributed by atoms with van der Waals surface area (Å²) in [5, 5.41) is 1.21. The van der Waals surface area contributed by atoms with Gasteiger partial charge in [0.25, 0.3) is 0 Å². The minimum Gasteiger partial charge on any atom is -0.330 e. The summed E-state index contributed by atoms with van der Waals surface area (Å²) in [4.78, 5) is 4.66. The van der Waals surface area contributed by atoms with Gasteiger partial charge in [-0.1, -0.05) is 31.2 Å². The van der Waals surface area contributed by atoms with Crippen molar-refractivity contribution in [3.05, 3.63) is 42.1 Å². The minimum absolute atomic E-state index is 0.610. The van der Waals surface area contributed by atoms with Gasteiger partial charge in [-0.15, -0.1) is 0 Å². The zero-order chi connectivity index (χ0) is 11.4. The number of nitrogens with zero attached hydrogens (tertiary/aromatic N) is 1. The second kappa shape index (κ2) is 5.08. The number of hydrogen-bond donors (Lipinski definition) is 1. The molecule has 0 spiro atoms. The van der Waals surface area contributed by atoms with E-state index < -0.39 is 0 Å². The van der Waals surface area contributed by atoms with Crippen molar-refractivity contribution in [1.82, 2.24) is 4.98 Å². The van der Waals surface area contributed by atoms with Crippen LogP contribution < -0.4 is 5.73 Å². The van der Waals surface area contributed by atoms with Crippen LogP contribution in [-0.4, -0.2) is 11.5 Å². The van der Waals surface area contributed by atoms with Gasteiger partial charge in [0, 0.05) is 11.1 Å². The zero-order valence-corrected chi connectivity index (χ0v) is 9.69. The molecular formula is C14H18N2. The van der Waals surface area contributed by atoms with Gasteiger partial charge in [0.15, 0.2) is 0 Å². The fourth-order valence-corrected chi connectivity index (χ4v) is 1.97. The van der Waals surface area contributed by atoms with Gasteiger partial charge in [0.2, 0.25) is 0 Å². The summed E-state index contributed by atoms with van der Waals surface area (Å²) in [6.07, 6.45) is 2.08. The van der Waals surface area contributed by atoms with Crippen LogP contribution in [0.5, 0.6) is 0 Å². The van der Waals surface area contributed by atoms with Crippen molar-refractivity contribution in [2.75, 3.05) is 6.54 Å². The summed E-state index contributed by atoms with van der Waals surface area (Å²) >= 11 is 0. The lowest BCUT2D eigenvalue weighted by atomic mass is 10.0. The number of hydrogen-bond acceptors (Lipinski definition) is 2. The second-order valence-corrected chi connectivity index (χ2v) is 4.38. The molecule has 0 aliphatic carbocycles. The van der Waals surface area contributed by atoms with E-state index in [2.05, 4.69) is 36.2 Å². The van der Waals surface area contributed by atoms with Gasteiger partial charge in [-0.05, 0) is 37.4 Å². The van der Waals surface area contributed by atoms with Gasteiger partial charge >= 0.3 is 0 Å². The van der Waals surface area contributed by atoms with Crippen LogP contribution in [0.2, 0.25) is 0 Å². The van der Waals surface area contributed by atoms with Gasteiger partial charge in [-0.2, -0.15) is 0 Å². The lowest BCUT2D eigenvalue weighted by molar-refractivity contribution is 0.533. The third-order valence-electron chi connectivity index (χ3n) is 2.87. The van der Waals surface area contributed by atoms with Crippen molar-refractivity contribution in [3.8, 4) is 0 Å². The van der Waals surface area contributed by atoms with E-state index in [4.69, 9.17) is 5.73 Å². The number of aromatic nitrogens is 1. The van der Waals surface area contributed by atoms with Gasteiger partial charge in [-0.3, -0.25) is 4.98 Å². The number of pyridine rings is 1. The lowest BCUT2D eigenvalue weighted by Crippen LogP contribution is -2.08. The van der Waals surface area contributed by atoms with E-state index in [0.29, 0.717) is 5.92 Å². The Morgan fingerprint density at radius 3 is 2.81 bits per heavy atom. The van der Waals surface area contributed by atoms with Crippen LogP contribution in [0.4, 0.5) is 0 Å². The first kappa shape index (κ1) is 11.1. The molecule has 0 radical (unpaired) electrons. The van der Waals surface area contributed by atoms with E-state index in [9.17, 15) is 0 Å². The minimum atomic E-state index is 0.610. The molecule has 0 bridgehead atoms. The fraction of sp³-hybridized carbons (Fsp3) is 0.357. The van der Waals surface area contributed by atoms with Crippen molar-refractivity contribution < 1.29 is 0 Å². The molecule has 1 aromatic heterocycles. The molecule has 2 N–H and O–H groups in total. The average molecular weight is 214 g/mol. The third-order valence-corrected chi connectivity index (χ3v) is 2.87. The van der Waals surface area contributed by atoms with Crippen molar-refractivity contribution >= 4 is 10.9 Å². The van der Waals surface area contributed by atoms with E-state index in [1.165, 1.54) is 11.1 Å². The molecule has 1 heterocycles. The van der Waals surface area contributed by atoms with E-state index >= 15 is 0 Å². The van der Waals surface area contributed by atoms with Crippen LogP contribution in [-0.2, 0) is 6.42 Å². The highest BCUT2D eigenvalue weighted by Crippen LogP contribution is 2.15. The first-order chi connectivity index (χ1) is 7.79. The maximum atomic E-state index is 5.55. The summed E-state index contributed by atoms with van der Waals surface area (Å²) in [5.41, 5.74) is 7.80. The number of benzene rings is 1. The molecule has 0 saturated carbocycles. The van der Waals surface area contributed by atoms with E-state index in [-0.39, 0.29) is 0 Å². The Morgan fingerprint density at radius 2 is 2.00 bits per heavy atom. The number of nitrogens with two attached hydrogens (primary N) is 1. The van der Waals surface area contributed by atoms with Gasteiger partial charge in [0.1, 0.15) is 0 Å². The Bertz CT molecular complexity index is 465. The van der Waals surface area contributed by atoms with Gasteiger partial charge in [0.05, 0.1) is 5.52 Å². The Hall–Kier alpha value is -1.41. The Morgan fingerprint density at radius 1 is 1.19 bits per heavy atom. The molecule has 0 fully saturated rings. The first-order valence-electron chi connectivity index (χ1n) is 5.84. The normalized spacial score (nSPS) is 12.9. The highest BCUT2D eigenvalue weighted by atomic mass is 14.7. The molecule has 84 valence electrons. The molecule has 1 atom stereocenters. The SMILES string of the molecule is CC(CCN)Cc1ccc2ccccc2n1.